The maximum absolute atomic E-state index is 13.1. The zero-order valence-corrected chi connectivity index (χ0v) is 14.2. The molecule has 25 heavy (non-hydrogen) atoms. The predicted molar refractivity (Wildman–Crippen MR) is 89.8 cm³/mol. The third kappa shape index (κ3) is 4.36. The van der Waals surface area contributed by atoms with E-state index in [-0.39, 0.29) is 24.4 Å². The first-order valence-electron chi connectivity index (χ1n) is 8.38. The fraction of sp³-hybridized carbons (Fsp3) is 0.444. The van der Waals surface area contributed by atoms with Crippen molar-refractivity contribution in [1.29, 1.82) is 0 Å². The molecule has 0 aliphatic carbocycles. The van der Waals surface area contributed by atoms with Crippen LogP contribution in [0.3, 0.4) is 0 Å². The Morgan fingerprint density at radius 3 is 3.12 bits per heavy atom. The van der Waals surface area contributed by atoms with Gasteiger partial charge in [0, 0.05) is 31.8 Å². The number of hydrogen-bond donors (Lipinski definition) is 1. The number of ether oxygens (including phenoxy) is 2. The van der Waals surface area contributed by atoms with E-state index in [2.05, 4.69) is 10.2 Å². The number of H-pyrrole nitrogens is 1. The first-order valence-corrected chi connectivity index (χ1v) is 8.38. The lowest BCUT2D eigenvalue weighted by Crippen LogP contribution is -2.33. The molecule has 2 aromatic rings. The Bertz CT molecular complexity index is 719. The average molecular weight is 347 g/mol. The van der Waals surface area contributed by atoms with Crippen molar-refractivity contribution in [2.45, 2.75) is 25.3 Å². The van der Waals surface area contributed by atoms with Gasteiger partial charge in [-0.3, -0.25) is 9.89 Å². The zero-order chi connectivity index (χ0) is 17.6. The number of carbonyl (C=O) groups excluding carboxylic acids is 1. The maximum Gasteiger partial charge on any atom is 0.249 e. The van der Waals surface area contributed by atoms with Crippen LogP contribution < -0.4 is 4.74 Å². The van der Waals surface area contributed by atoms with E-state index in [9.17, 15) is 9.18 Å². The van der Waals surface area contributed by atoms with Crippen LogP contribution in [-0.2, 0) is 16.0 Å². The van der Waals surface area contributed by atoms with Crippen LogP contribution in [0, 0.1) is 5.82 Å². The second kappa shape index (κ2) is 8.11. The van der Waals surface area contributed by atoms with Crippen LogP contribution >= 0.6 is 0 Å². The van der Waals surface area contributed by atoms with Crippen LogP contribution in [0.5, 0.6) is 5.75 Å². The van der Waals surface area contributed by atoms with E-state index in [1.165, 1.54) is 19.2 Å². The average Bonchev–Trinajstić information content (AvgIpc) is 3.24. The molecule has 7 heteroatoms. The molecule has 1 saturated heterocycles. The highest BCUT2D eigenvalue weighted by Gasteiger charge is 2.31. The maximum atomic E-state index is 13.1. The van der Waals surface area contributed by atoms with E-state index in [1.54, 1.807) is 12.1 Å². The second-order valence-electron chi connectivity index (χ2n) is 6.05. The van der Waals surface area contributed by atoms with Gasteiger partial charge in [0.1, 0.15) is 18.2 Å². The second-order valence-corrected chi connectivity index (χ2v) is 6.05. The number of nitrogens with zero attached hydrogens (tertiary/aromatic N) is 2. The summed E-state index contributed by atoms with van der Waals surface area (Å²) in [5.41, 5.74) is 1.79. The van der Waals surface area contributed by atoms with Crippen LogP contribution in [0.1, 0.15) is 30.3 Å². The van der Waals surface area contributed by atoms with Gasteiger partial charge in [-0.1, -0.05) is 6.07 Å². The van der Waals surface area contributed by atoms with E-state index in [4.69, 9.17) is 9.47 Å². The monoisotopic (exact) mass is 347 g/mol. The van der Waals surface area contributed by atoms with Gasteiger partial charge in [0.2, 0.25) is 5.91 Å². The van der Waals surface area contributed by atoms with Crippen LogP contribution in [0.15, 0.2) is 30.3 Å². The number of nitrogens with one attached hydrogen (secondary N) is 1. The Hall–Kier alpha value is -2.41. The smallest absolute Gasteiger partial charge is 0.249 e. The molecule has 1 aromatic heterocycles. The molecule has 0 unspecified atom stereocenters. The van der Waals surface area contributed by atoms with Crippen molar-refractivity contribution in [3.05, 3.63) is 47.5 Å². The highest BCUT2D eigenvalue weighted by molar-refractivity contribution is 5.78. The number of aromatic amines is 1. The lowest BCUT2D eigenvalue weighted by Gasteiger charge is -2.22. The molecular formula is C18H22FN3O3. The van der Waals surface area contributed by atoms with Crippen LogP contribution in [0.25, 0.3) is 0 Å². The standard InChI is InChI=1S/C18H22FN3O3/c1-24-12-18(23)22-8-3-6-17(22)16-11-14(20-21-16)7-9-25-15-5-2-4-13(19)10-15/h2,4-5,10-11,17H,3,6-9,12H2,1H3,(H,20,21)/t17-/m1/s1. The van der Waals surface area contributed by atoms with Crippen molar-refractivity contribution >= 4 is 5.91 Å². The number of aromatic nitrogens is 2. The van der Waals surface area contributed by atoms with E-state index in [1.807, 2.05) is 11.0 Å². The summed E-state index contributed by atoms with van der Waals surface area (Å²) in [6.07, 6.45) is 2.49. The molecule has 0 radical (unpaired) electrons. The van der Waals surface area contributed by atoms with E-state index in [0.29, 0.717) is 18.8 Å². The Morgan fingerprint density at radius 1 is 1.44 bits per heavy atom. The SMILES string of the molecule is COCC(=O)N1CCC[C@@H]1c1cc(CCOc2cccc(F)c2)[nH]n1. The van der Waals surface area contributed by atoms with E-state index >= 15 is 0 Å². The van der Waals surface area contributed by atoms with Gasteiger partial charge in [-0.15, -0.1) is 0 Å². The Morgan fingerprint density at radius 2 is 2.32 bits per heavy atom. The minimum absolute atomic E-state index is 0.00297. The van der Waals surface area contributed by atoms with Gasteiger partial charge in [0.05, 0.1) is 18.3 Å². The van der Waals surface area contributed by atoms with Gasteiger partial charge in [-0.05, 0) is 31.0 Å². The lowest BCUT2D eigenvalue weighted by atomic mass is 10.1. The van der Waals surface area contributed by atoms with Crippen molar-refractivity contribution in [2.75, 3.05) is 26.9 Å². The van der Waals surface area contributed by atoms with Crippen molar-refractivity contribution in [1.82, 2.24) is 15.1 Å². The fourth-order valence-corrected chi connectivity index (χ4v) is 3.09. The summed E-state index contributed by atoms with van der Waals surface area (Å²) < 4.78 is 23.6. The minimum Gasteiger partial charge on any atom is -0.493 e. The molecule has 6 nitrogen and oxygen atoms in total. The van der Waals surface area contributed by atoms with Gasteiger partial charge in [-0.2, -0.15) is 5.10 Å². The van der Waals surface area contributed by atoms with Gasteiger partial charge in [-0.25, -0.2) is 4.39 Å². The number of carbonyl (C=O) groups is 1. The van der Waals surface area contributed by atoms with Crippen molar-refractivity contribution in [3.63, 3.8) is 0 Å². The summed E-state index contributed by atoms with van der Waals surface area (Å²) in [6.45, 7) is 1.25. The predicted octanol–water partition coefficient (Wildman–Crippen LogP) is 2.48. The quantitative estimate of drug-likeness (QED) is 0.836. The molecule has 2 heterocycles. The highest BCUT2D eigenvalue weighted by Crippen LogP contribution is 2.31. The highest BCUT2D eigenvalue weighted by atomic mass is 19.1. The van der Waals surface area contributed by atoms with Crippen molar-refractivity contribution < 1.29 is 18.7 Å². The molecule has 1 aromatic carbocycles. The van der Waals surface area contributed by atoms with Crippen molar-refractivity contribution in [3.8, 4) is 5.75 Å². The number of rotatable bonds is 7. The summed E-state index contributed by atoms with van der Waals surface area (Å²) in [6, 6.07) is 8.04. The summed E-state index contributed by atoms with van der Waals surface area (Å²) in [4.78, 5) is 13.9. The van der Waals surface area contributed by atoms with Crippen molar-refractivity contribution in [2.24, 2.45) is 0 Å². The van der Waals surface area contributed by atoms with Gasteiger partial charge < -0.3 is 14.4 Å². The third-order valence-corrected chi connectivity index (χ3v) is 4.27. The largest absolute Gasteiger partial charge is 0.493 e. The van der Waals surface area contributed by atoms with Gasteiger partial charge in [0.25, 0.3) is 0 Å². The first kappa shape index (κ1) is 17.4. The zero-order valence-electron chi connectivity index (χ0n) is 14.2. The first-order chi connectivity index (χ1) is 12.2. The fourth-order valence-electron chi connectivity index (χ4n) is 3.09. The summed E-state index contributed by atoms with van der Waals surface area (Å²) in [5, 5.41) is 7.35. The molecule has 134 valence electrons. The van der Waals surface area contributed by atoms with Crippen LogP contribution in [-0.4, -0.2) is 47.9 Å². The summed E-state index contributed by atoms with van der Waals surface area (Å²) in [7, 11) is 1.52. The molecule has 0 saturated carbocycles. The van der Waals surface area contributed by atoms with E-state index in [0.717, 1.165) is 30.8 Å². The molecule has 0 spiro atoms. The molecule has 1 aliphatic heterocycles. The van der Waals surface area contributed by atoms with Gasteiger partial charge >= 0.3 is 0 Å². The number of likely N-dealkylation sites (tertiary alicyclic amines) is 1. The molecule has 1 amide bonds. The molecular weight excluding hydrogens is 325 g/mol. The third-order valence-electron chi connectivity index (χ3n) is 4.27. The topological polar surface area (TPSA) is 67.4 Å². The minimum atomic E-state index is -0.316. The summed E-state index contributed by atoms with van der Waals surface area (Å²) >= 11 is 0. The Balaban J connectivity index is 1.56. The van der Waals surface area contributed by atoms with Crippen LogP contribution in [0.4, 0.5) is 4.39 Å². The van der Waals surface area contributed by atoms with Gasteiger partial charge in [0.15, 0.2) is 0 Å². The normalized spacial score (nSPS) is 17.0. The molecule has 3 rings (SSSR count). The molecule has 0 bridgehead atoms. The number of methoxy groups -OCH3 is 1. The number of halogens is 1. The molecule has 1 fully saturated rings. The molecule has 1 N–H and O–H groups in total. The number of benzene rings is 1. The van der Waals surface area contributed by atoms with Crippen LogP contribution in [0.2, 0.25) is 0 Å². The Labute approximate surface area is 145 Å². The molecule has 1 atom stereocenters. The summed E-state index contributed by atoms with van der Waals surface area (Å²) in [5.74, 6) is 0.180. The molecule has 1 aliphatic rings. The number of hydrogen-bond acceptors (Lipinski definition) is 4. The number of amides is 1. The lowest BCUT2D eigenvalue weighted by molar-refractivity contribution is -0.136. The van der Waals surface area contributed by atoms with E-state index < -0.39 is 0 Å². The Kier molecular flexibility index (Phi) is 5.65.